The molecule has 0 saturated carbocycles. The molecule has 6 heteroatoms. The van der Waals surface area contributed by atoms with Crippen molar-refractivity contribution in [2.24, 2.45) is 0 Å². The Morgan fingerprint density at radius 1 is 1.08 bits per heavy atom. The van der Waals surface area contributed by atoms with Crippen molar-refractivity contribution in [3.63, 3.8) is 0 Å². The van der Waals surface area contributed by atoms with Crippen molar-refractivity contribution in [1.29, 1.82) is 0 Å². The first-order valence-electron chi connectivity index (χ1n) is 8.41. The molecule has 130 valence electrons. The number of carbonyl (C=O) groups is 2. The first-order chi connectivity index (χ1) is 11.2. The van der Waals surface area contributed by atoms with Crippen LogP contribution in [0.5, 0.6) is 0 Å². The molecule has 0 radical (unpaired) electrons. The number of anilines is 1. The van der Waals surface area contributed by atoms with Gasteiger partial charge in [0.1, 0.15) is 5.60 Å². The van der Waals surface area contributed by atoms with Gasteiger partial charge < -0.3 is 15.4 Å². The highest BCUT2D eigenvalue weighted by Crippen LogP contribution is 2.32. The van der Waals surface area contributed by atoms with Crippen LogP contribution in [0, 0.1) is 0 Å². The minimum Gasteiger partial charge on any atom is -0.444 e. The van der Waals surface area contributed by atoms with Gasteiger partial charge in [-0.2, -0.15) is 0 Å². The van der Waals surface area contributed by atoms with Crippen LogP contribution in [0.15, 0.2) is 24.3 Å². The Labute approximate surface area is 142 Å². The summed E-state index contributed by atoms with van der Waals surface area (Å²) >= 11 is 0. The molecule has 1 aromatic rings. The third-order valence-corrected chi connectivity index (χ3v) is 4.53. The van der Waals surface area contributed by atoms with E-state index in [4.69, 9.17) is 10.5 Å². The zero-order valence-corrected chi connectivity index (χ0v) is 14.5. The summed E-state index contributed by atoms with van der Waals surface area (Å²) in [5.41, 5.74) is 6.45. The summed E-state index contributed by atoms with van der Waals surface area (Å²) in [5.74, 6) is -0.00395. The van der Waals surface area contributed by atoms with E-state index in [-0.39, 0.29) is 24.1 Å². The smallest absolute Gasteiger partial charge is 0.410 e. The SMILES string of the molecule is CC(C)(C)OC(=O)N1[C@@H]2CC[C@H]1CN(C(=O)c1ccc(N)cc1)C2. The highest BCUT2D eigenvalue weighted by Gasteiger charge is 2.45. The summed E-state index contributed by atoms with van der Waals surface area (Å²) < 4.78 is 5.52. The molecular formula is C18H25N3O3. The standard InChI is InChI=1S/C18H25N3O3/c1-18(2,3)24-17(23)21-14-8-9-15(21)11-20(10-14)16(22)12-4-6-13(19)7-5-12/h4-7,14-15H,8-11,19H2,1-3H3/t14-,15+. The number of ether oxygens (including phenoxy) is 1. The summed E-state index contributed by atoms with van der Waals surface area (Å²) in [6.45, 7) is 6.72. The van der Waals surface area contributed by atoms with Crippen LogP contribution in [0.1, 0.15) is 44.0 Å². The number of nitrogens with two attached hydrogens (primary N) is 1. The van der Waals surface area contributed by atoms with E-state index in [1.807, 2.05) is 30.6 Å². The predicted octanol–water partition coefficient (Wildman–Crippen LogP) is 2.49. The Morgan fingerprint density at radius 2 is 1.62 bits per heavy atom. The van der Waals surface area contributed by atoms with Crippen molar-refractivity contribution in [3.05, 3.63) is 29.8 Å². The van der Waals surface area contributed by atoms with Crippen molar-refractivity contribution in [1.82, 2.24) is 9.80 Å². The van der Waals surface area contributed by atoms with Gasteiger partial charge in [-0.3, -0.25) is 9.69 Å². The molecule has 0 aliphatic carbocycles. The lowest BCUT2D eigenvalue weighted by Crippen LogP contribution is -2.57. The molecule has 2 N–H and O–H groups in total. The number of benzene rings is 1. The minimum absolute atomic E-state index is 0.00395. The number of hydrogen-bond acceptors (Lipinski definition) is 4. The number of nitrogens with zero attached hydrogens (tertiary/aromatic N) is 2. The quantitative estimate of drug-likeness (QED) is 0.802. The number of piperazine rings is 1. The van der Waals surface area contributed by atoms with Gasteiger partial charge in [0, 0.05) is 24.3 Å². The van der Waals surface area contributed by atoms with Crippen LogP contribution >= 0.6 is 0 Å². The molecule has 6 nitrogen and oxygen atoms in total. The normalized spacial score (nSPS) is 23.3. The molecule has 2 amide bonds. The van der Waals surface area contributed by atoms with Gasteiger partial charge in [-0.1, -0.05) is 0 Å². The molecule has 2 atom stereocenters. The number of hydrogen-bond donors (Lipinski definition) is 1. The van der Waals surface area contributed by atoms with Gasteiger partial charge in [0.15, 0.2) is 0 Å². The molecule has 0 aromatic heterocycles. The summed E-state index contributed by atoms with van der Waals surface area (Å²) in [4.78, 5) is 28.8. The van der Waals surface area contributed by atoms with Crippen LogP contribution in [0.3, 0.4) is 0 Å². The summed E-state index contributed by atoms with van der Waals surface area (Å²) in [6.07, 6.45) is 1.56. The van der Waals surface area contributed by atoms with Crippen LogP contribution in [0.4, 0.5) is 10.5 Å². The Kier molecular flexibility index (Phi) is 4.15. The molecule has 24 heavy (non-hydrogen) atoms. The van der Waals surface area contributed by atoms with Crippen LogP contribution in [-0.4, -0.2) is 52.6 Å². The van der Waals surface area contributed by atoms with Crippen molar-refractivity contribution in [3.8, 4) is 0 Å². The molecule has 0 unspecified atom stereocenters. The second-order valence-electron chi connectivity index (χ2n) is 7.60. The van der Waals surface area contributed by atoms with Gasteiger partial charge in [-0.25, -0.2) is 4.79 Å². The van der Waals surface area contributed by atoms with Gasteiger partial charge >= 0.3 is 6.09 Å². The molecule has 3 rings (SSSR count). The molecular weight excluding hydrogens is 306 g/mol. The molecule has 2 bridgehead atoms. The minimum atomic E-state index is -0.507. The fraction of sp³-hybridized carbons (Fsp3) is 0.556. The summed E-state index contributed by atoms with van der Waals surface area (Å²) in [7, 11) is 0. The number of likely N-dealkylation sites (tertiary alicyclic amines) is 1. The maximum atomic E-state index is 12.7. The van der Waals surface area contributed by atoms with Crippen molar-refractivity contribution in [2.45, 2.75) is 51.3 Å². The lowest BCUT2D eigenvalue weighted by Gasteiger charge is -2.41. The summed E-state index contributed by atoms with van der Waals surface area (Å²) in [6, 6.07) is 7.05. The van der Waals surface area contributed by atoms with Crippen molar-refractivity contribution >= 4 is 17.7 Å². The topological polar surface area (TPSA) is 75.9 Å². The highest BCUT2D eigenvalue weighted by molar-refractivity contribution is 5.94. The molecule has 2 heterocycles. The molecule has 2 fully saturated rings. The predicted molar refractivity (Wildman–Crippen MR) is 91.6 cm³/mol. The molecule has 2 aliphatic heterocycles. The van der Waals surface area contributed by atoms with E-state index in [2.05, 4.69) is 0 Å². The summed E-state index contributed by atoms with van der Waals surface area (Å²) in [5, 5.41) is 0. The first-order valence-corrected chi connectivity index (χ1v) is 8.41. The van der Waals surface area contributed by atoms with Gasteiger partial charge in [0.2, 0.25) is 0 Å². The number of nitrogen functional groups attached to an aromatic ring is 1. The van der Waals surface area contributed by atoms with Crippen molar-refractivity contribution < 1.29 is 14.3 Å². The van der Waals surface area contributed by atoms with E-state index in [0.717, 1.165) is 12.8 Å². The van der Waals surface area contributed by atoms with E-state index in [1.54, 1.807) is 24.3 Å². The largest absolute Gasteiger partial charge is 0.444 e. The van der Waals surface area contributed by atoms with E-state index < -0.39 is 5.60 Å². The lowest BCUT2D eigenvalue weighted by atomic mass is 10.1. The average Bonchev–Trinajstić information content (AvgIpc) is 2.76. The van der Waals surface area contributed by atoms with Gasteiger partial charge in [0.25, 0.3) is 5.91 Å². The van der Waals surface area contributed by atoms with Crippen molar-refractivity contribution in [2.75, 3.05) is 18.8 Å². The number of fused-ring (bicyclic) bond motifs is 2. The highest BCUT2D eigenvalue weighted by atomic mass is 16.6. The molecule has 2 saturated heterocycles. The van der Waals surface area contributed by atoms with Gasteiger partial charge in [-0.15, -0.1) is 0 Å². The Bertz CT molecular complexity index is 622. The van der Waals surface area contributed by atoms with Crippen LogP contribution in [-0.2, 0) is 4.74 Å². The number of amides is 2. The third kappa shape index (κ3) is 3.32. The first kappa shape index (κ1) is 16.6. The zero-order chi connectivity index (χ0) is 17.5. The second kappa shape index (κ2) is 6.00. The monoisotopic (exact) mass is 331 g/mol. The van der Waals surface area contributed by atoms with E-state index >= 15 is 0 Å². The molecule has 0 spiro atoms. The van der Waals surface area contributed by atoms with Crippen LogP contribution in [0.25, 0.3) is 0 Å². The van der Waals surface area contributed by atoms with Gasteiger partial charge in [0.05, 0.1) is 12.1 Å². The van der Waals surface area contributed by atoms with E-state index in [1.165, 1.54) is 0 Å². The third-order valence-electron chi connectivity index (χ3n) is 4.53. The molecule has 2 aliphatic rings. The zero-order valence-electron chi connectivity index (χ0n) is 14.5. The van der Waals surface area contributed by atoms with Crippen LogP contribution < -0.4 is 5.73 Å². The molecule has 1 aromatic carbocycles. The van der Waals surface area contributed by atoms with E-state index in [9.17, 15) is 9.59 Å². The Morgan fingerprint density at radius 3 is 2.12 bits per heavy atom. The number of rotatable bonds is 1. The maximum absolute atomic E-state index is 12.7. The fourth-order valence-corrected chi connectivity index (χ4v) is 3.49. The van der Waals surface area contributed by atoms with Gasteiger partial charge in [-0.05, 0) is 57.9 Å². The lowest BCUT2D eigenvalue weighted by molar-refractivity contribution is -0.00335. The second-order valence-corrected chi connectivity index (χ2v) is 7.60. The number of carbonyl (C=O) groups excluding carboxylic acids is 2. The average molecular weight is 331 g/mol. The maximum Gasteiger partial charge on any atom is 0.410 e. The Balaban J connectivity index is 1.70. The van der Waals surface area contributed by atoms with E-state index in [0.29, 0.717) is 24.3 Å². The van der Waals surface area contributed by atoms with Crippen LogP contribution in [0.2, 0.25) is 0 Å². The Hall–Kier alpha value is -2.24. The fourth-order valence-electron chi connectivity index (χ4n) is 3.49.